The van der Waals surface area contributed by atoms with Crippen LogP contribution in [0.4, 0.5) is 10.1 Å². The zero-order valence-electron chi connectivity index (χ0n) is 15.5. The van der Waals surface area contributed by atoms with Crippen molar-refractivity contribution in [3.05, 3.63) is 65.5 Å². The van der Waals surface area contributed by atoms with Gasteiger partial charge in [0.25, 0.3) is 0 Å². The quantitative estimate of drug-likeness (QED) is 0.743. The van der Waals surface area contributed by atoms with Crippen molar-refractivity contribution in [1.82, 2.24) is 15.8 Å². The molecule has 7 heteroatoms. The smallest absolute Gasteiger partial charge is 0.242 e. The normalized spacial score (nSPS) is 21.9. The Labute approximate surface area is 163 Å². The third kappa shape index (κ3) is 4.21. The van der Waals surface area contributed by atoms with Crippen molar-refractivity contribution in [1.29, 1.82) is 0 Å². The van der Waals surface area contributed by atoms with E-state index in [-0.39, 0.29) is 29.7 Å². The topological polar surface area (TPSA) is 73.5 Å². The van der Waals surface area contributed by atoms with E-state index in [1.807, 2.05) is 29.2 Å². The monoisotopic (exact) mass is 382 g/mol. The highest BCUT2D eigenvalue weighted by atomic mass is 19.1. The van der Waals surface area contributed by atoms with Gasteiger partial charge < -0.3 is 10.2 Å². The molecule has 0 bridgehead atoms. The average Bonchev–Trinajstić information content (AvgIpc) is 3.33. The molecule has 0 saturated carbocycles. The van der Waals surface area contributed by atoms with Crippen LogP contribution in [0.2, 0.25) is 0 Å². The molecular weight excluding hydrogens is 359 g/mol. The van der Waals surface area contributed by atoms with Crippen molar-refractivity contribution in [3.63, 3.8) is 0 Å². The first kappa shape index (κ1) is 18.6. The van der Waals surface area contributed by atoms with Crippen molar-refractivity contribution in [2.45, 2.75) is 37.9 Å². The Morgan fingerprint density at radius 2 is 2.00 bits per heavy atom. The van der Waals surface area contributed by atoms with Crippen LogP contribution in [0.15, 0.2) is 48.5 Å². The maximum atomic E-state index is 13.1. The number of carbonyl (C=O) groups excluding carboxylic acids is 2. The van der Waals surface area contributed by atoms with E-state index in [0.29, 0.717) is 25.1 Å². The standard InChI is InChI=1S/C21H23FN4O2/c22-16-8-6-15(7-9-16)18-12-19(25-24-18)21(28)23-17-4-1-3-14(11-17)13-26-10-2-5-20(26)27/h1,3-4,6-9,11,18-19,24-25H,2,5,10,12-13H2,(H,23,28). The van der Waals surface area contributed by atoms with Crippen LogP contribution in [-0.4, -0.2) is 29.3 Å². The number of nitrogens with zero attached hydrogens (tertiary/aromatic N) is 1. The summed E-state index contributed by atoms with van der Waals surface area (Å²) < 4.78 is 13.1. The average molecular weight is 382 g/mol. The van der Waals surface area contributed by atoms with Gasteiger partial charge in [0.2, 0.25) is 11.8 Å². The summed E-state index contributed by atoms with van der Waals surface area (Å²) in [5.41, 5.74) is 8.74. The van der Waals surface area contributed by atoms with Crippen molar-refractivity contribution in [2.75, 3.05) is 11.9 Å². The number of nitrogens with one attached hydrogen (secondary N) is 3. The number of hydrazine groups is 1. The zero-order chi connectivity index (χ0) is 19.5. The number of benzene rings is 2. The first-order valence-corrected chi connectivity index (χ1v) is 9.52. The molecule has 28 heavy (non-hydrogen) atoms. The van der Waals surface area contributed by atoms with Crippen LogP contribution in [-0.2, 0) is 16.1 Å². The summed E-state index contributed by atoms with van der Waals surface area (Å²) in [7, 11) is 0. The van der Waals surface area contributed by atoms with Crippen molar-refractivity contribution >= 4 is 17.5 Å². The Morgan fingerprint density at radius 3 is 2.75 bits per heavy atom. The molecule has 2 atom stereocenters. The number of likely N-dealkylation sites (tertiary alicyclic amines) is 1. The van der Waals surface area contributed by atoms with E-state index < -0.39 is 0 Å². The molecule has 2 aromatic carbocycles. The van der Waals surface area contributed by atoms with E-state index in [1.165, 1.54) is 12.1 Å². The highest BCUT2D eigenvalue weighted by Gasteiger charge is 2.30. The number of anilines is 1. The Bertz CT molecular complexity index is 871. The van der Waals surface area contributed by atoms with Gasteiger partial charge in [-0.05, 0) is 48.2 Å². The Hall–Kier alpha value is -2.77. The highest BCUT2D eigenvalue weighted by molar-refractivity contribution is 5.95. The SMILES string of the molecule is O=C(Nc1cccc(CN2CCCC2=O)c1)C1CC(c2ccc(F)cc2)NN1. The Balaban J connectivity index is 1.35. The first-order chi connectivity index (χ1) is 13.6. The molecular formula is C21H23FN4O2. The molecule has 2 aliphatic heterocycles. The van der Waals surface area contributed by atoms with Gasteiger partial charge in [-0.3, -0.25) is 9.59 Å². The second kappa shape index (κ2) is 8.08. The second-order valence-corrected chi connectivity index (χ2v) is 7.29. The van der Waals surface area contributed by atoms with Gasteiger partial charge in [0.15, 0.2) is 0 Å². The molecule has 146 valence electrons. The summed E-state index contributed by atoms with van der Waals surface area (Å²) >= 11 is 0. The lowest BCUT2D eigenvalue weighted by Crippen LogP contribution is -2.39. The number of amides is 2. The Kier molecular flexibility index (Phi) is 5.36. The fraction of sp³-hybridized carbons (Fsp3) is 0.333. The van der Waals surface area contributed by atoms with Crippen molar-refractivity contribution in [3.8, 4) is 0 Å². The summed E-state index contributed by atoms with van der Waals surface area (Å²) in [6.45, 7) is 1.36. The third-order valence-corrected chi connectivity index (χ3v) is 5.23. The van der Waals surface area contributed by atoms with Crippen LogP contribution in [0.3, 0.4) is 0 Å². The highest BCUT2D eigenvalue weighted by Crippen LogP contribution is 2.23. The molecule has 0 aromatic heterocycles. The molecule has 2 unspecified atom stereocenters. The maximum absolute atomic E-state index is 13.1. The van der Waals surface area contributed by atoms with Crippen LogP contribution in [0.5, 0.6) is 0 Å². The largest absolute Gasteiger partial charge is 0.338 e. The number of rotatable bonds is 5. The van der Waals surface area contributed by atoms with Crippen LogP contribution >= 0.6 is 0 Å². The fourth-order valence-corrected chi connectivity index (χ4v) is 3.71. The second-order valence-electron chi connectivity index (χ2n) is 7.29. The fourth-order valence-electron chi connectivity index (χ4n) is 3.71. The zero-order valence-corrected chi connectivity index (χ0v) is 15.5. The van der Waals surface area contributed by atoms with Gasteiger partial charge in [0, 0.05) is 31.2 Å². The molecule has 0 spiro atoms. The Morgan fingerprint density at radius 1 is 1.18 bits per heavy atom. The molecule has 2 aromatic rings. The molecule has 2 saturated heterocycles. The molecule has 0 aliphatic carbocycles. The molecule has 0 radical (unpaired) electrons. The van der Waals surface area contributed by atoms with E-state index >= 15 is 0 Å². The van der Waals surface area contributed by atoms with Crippen LogP contribution in [0.25, 0.3) is 0 Å². The molecule has 4 rings (SSSR count). The van der Waals surface area contributed by atoms with E-state index in [9.17, 15) is 14.0 Å². The molecule has 2 amide bonds. The predicted molar refractivity (Wildman–Crippen MR) is 104 cm³/mol. The van der Waals surface area contributed by atoms with E-state index in [2.05, 4.69) is 16.2 Å². The number of halogens is 1. The molecule has 3 N–H and O–H groups in total. The molecule has 2 fully saturated rings. The van der Waals surface area contributed by atoms with Gasteiger partial charge in [-0.2, -0.15) is 0 Å². The van der Waals surface area contributed by atoms with Gasteiger partial charge in [0.05, 0.1) is 0 Å². The summed E-state index contributed by atoms with van der Waals surface area (Å²) in [5.74, 6) is -0.228. The molecule has 2 aliphatic rings. The molecule has 6 nitrogen and oxygen atoms in total. The van der Waals surface area contributed by atoms with Gasteiger partial charge in [-0.25, -0.2) is 15.2 Å². The predicted octanol–water partition coefficient (Wildman–Crippen LogP) is 2.49. The van der Waals surface area contributed by atoms with Gasteiger partial charge in [0.1, 0.15) is 11.9 Å². The van der Waals surface area contributed by atoms with Crippen molar-refractivity contribution < 1.29 is 14.0 Å². The minimum Gasteiger partial charge on any atom is -0.338 e. The lowest BCUT2D eigenvalue weighted by molar-refractivity contribution is -0.128. The maximum Gasteiger partial charge on any atom is 0.242 e. The van der Waals surface area contributed by atoms with Gasteiger partial charge >= 0.3 is 0 Å². The summed E-state index contributed by atoms with van der Waals surface area (Å²) in [6.07, 6.45) is 2.09. The number of hydrogen-bond acceptors (Lipinski definition) is 4. The van der Waals surface area contributed by atoms with Crippen LogP contribution in [0.1, 0.15) is 36.4 Å². The van der Waals surface area contributed by atoms with E-state index in [1.54, 1.807) is 12.1 Å². The lowest BCUT2D eigenvalue weighted by Gasteiger charge is -2.16. The van der Waals surface area contributed by atoms with E-state index in [4.69, 9.17) is 0 Å². The third-order valence-electron chi connectivity index (χ3n) is 5.23. The lowest BCUT2D eigenvalue weighted by atomic mass is 10.0. The number of carbonyl (C=O) groups is 2. The first-order valence-electron chi connectivity index (χ1n) is 9.52. The number of hydrogen-bond donors (Lipinski definition) is 3. The minimum atomic E-state index is -0.390. The van der Waals surface area contributed by atoms with Gasteiger partial charge in [-0.15, -0.1) is 0 Å². The van der Waals surface area contributed by atoms with Crippen molar-refractivity contribution in [2.24, 2.45) is 0 Å². The summed E-state index contributed by atoms with van der Waals surface area (Å²) in [5, 5.41) is 2.94. The van der Waals surface area contributed by atoms with E-state index in [0.717, 1.165) is 24.1 Å². The summed E-state index contributed by atoms with van der Waals surface area (Å²) in [4.78, 5) is 26.3. The summed E-state index contributed by atoms with van der Waals surface area (Å²) in [6, 6.07) is 13.4. The van der Waals surface area contributed by atoms with Crippen LogP contribution in [0, 0.1) is 5.82 Å². The molecule has 2 heterocycles. The van der Waals surface area contributed by atoms with Gasteiger partial charge in [-0.1, -0.05) is 24.3 Å². The van der Waals surface area contributed by atoms with Crippen LogP contribution < -0.4 is 16.2 Å². The minimum absolute atomic E-state index is 0.0520.